The molecule has 1 unspecified atom stereocenters. The SMILES string of the molecule is CN(CC(N)Cc1ccccc1)C1CCCCCC1. The maximum atomic E-state index is 6.31. The molecule has 19 heavy (non-hydrogen) atoms. The average Bonchev–Trinajstić information content (AvgIpc) is 2.68. The van der Waals surface area contributed by atoms with Crippen molar-refractivity contribution in [2.24, 2.45) is 5.73 Å². The topological polar surface area (TPSA) is 29.3 Å². The molecule has 0 spiro atoms. The summed E-state index contributed by atoms with van der Waals surface area (Å²) in [5.74, 6) is 0. The number of rotatable bonds is 5. The van der Waals surface area contributed by atoms with E-state index in [9.17, 15) is 0 Å². The van der Waals surface area contributed by atoms with Crippen molar-refractivity contribution in [3.05, 3.63) is 35.9 Å². The Bertz CT molecular complexity index is 342. The van der Waals surface area contributed by atoms with Gasteiger partial charge in [0.2, 0.25) is 0 Å². The Balaban J connectivity index is 1.79. The molecule has 1 aromatic carbocycles. The smallest absolute Gasteiger partial charge is 0.0208 e. The van der Waals surface area contributed by atoms with E-state index < -0.39 is 0 Å². The Labute approximate surface area is 118 Å². The van der Waals surface area contributed by atoms with Gasteiger partial charge in [-0.25, -0.2) is 0 Å². The number of nitrogens with two attached hydrogens (primary N) is 1. The van der Waals surface area contributed by atoms with Gasteiger partial charge < -0.3 is 10.6 Å². The Kier molecular flexibility index (Phi) is 5.87. The maximum absolute atomic E-state index is 6.31. The van der Waals surface area contributed by atoms with E-state index in [1.54, 1.807) is 0 Å². The summed E-state index contributed by atoms with van der Waals surface area (Å²) in [4.78, 5) is 2.50. The van der Waals surface area contributed by atoms with Crippen LogP contribution >= 0.6 is 0 Å². The van der Waals surface area contributed by atoms with Crippen LogP contribution in [0.25, 0.3) is 0 Å². The summed E-state index contributed by atoms with van der Waals surface area (Å²) in [6.45, 7) is 1.01. The molecule has 0 amide bonds. The molecule has 2 heteroatoms. The van der Waals surface area contributed by atoms with Crippen molar-refractivity contribution in [2.75, 3.05) is 13.6 Å². The first-order chi connectivity index (χ1) is 9.25. The Morgan fingerprint density at radius 3 is 2.37 bits per heavy atom. The van der Waals surface area contributed by atoms with E-state index in [2.05, 4.69) is 42.3 Å². The number of benzene rings is 1. The third kappa shape index (κ3) is 4.96. The van der Waals surface area contributed by atoms with Gasteiger partial charge in [0.05, 0.1) is 0 Å². The molecule has 0 aliphatic heterocycles. The minimum atomic E-state index is 0.246. The van der Waals surface area contributed by atoms with E-state index in [-0.39, 0.29) is 6.04 Å². The van der Waals surface area contributed by atoms with Gasteiger partial charge in [0, 0.05) is 18.6 Å². The summed E-state index contributed by atoms with van der Waals surface area (Å²) in [6.07, 6.45) is 9.31. The van der Waals surface area contributed by atoms with Crippen LogP contribution in [-0.2, 0) is 6.42 Å². The lowest BCUT2D eigenvalue weighted by Crippen LogP contribution is -2.41. The Morgan fingerprint density at radius 1 is 1.11 bits per heavy atom. The molecule has 0 bridgehead atoms. The van der Waals surface area contributed by atoms with E-state index in [4.69, 9.17) is 5.73 Å². The van der Waals surface area contributed by atoms with Crippen LogP contribution in [0, 0.1) is 0 Å². The van der Waals surface area contributed by atoms with Crippen LogP contribution in [0.1, 0.15) is 44.1 Å². The molecule has 1 fully saturated rings. The third-order valence-corrected chi connectivity index (χ3v) is 4.31. The average molecular weight is 260 g/mol. The molecule has 106 valence electrons. The highest BCUT2D eigenvalue weighted by molar-refractivity contribution is 5.15. The Morgan fingerprint density at radius 2 is 1.74 bits per heavy atom. The standard InChI is InChI=1S/C17H28N2/c1-19(17-11-7-2-3-8-12-17)14-16(18)13-15-9-5-4-6-10-15/h4-6,9-10,16-17H,2-3,7-8,11-14,18H2,1H3. The number of hydrogen-bond acceptors (Lipinski definition) is 2. The zero-order valence-electron chi connectivity index (χ0n) is 12.2. The van der Waals surface area contributed by atoms with Gasteiger partial charge in [-0.15, -0.1) is 0 Å². The molecule has 1 aliphatic carbocycles. The molecule has 0 heterocycles. The highest BCUT2D eigenvalue weighted by Gasteiger charge is 2.18. The van der Waals surface area contributed by atoms with Gasteiger partial charge in [-0.05, 0) is 31.9 Å². The summed E-state index contributed by atoms with van der Waals surface area (Å²) in [5, 5.41) is 0. The summed E-state index contributed by atoms with van der Waals surface area (Å²) in [5.41, 5.74) is 7.66. The lowest BCUT2D eigenvalue weighted by atomic mass is 10.0. The van der Waals surface area contributed by atoms with Gasteiger partial charge in [-0.3, -0.25) is 0 Å². The number of likely N-dealkylation sites (N-methyl/N-ethyl adjacent to an activating group) is 1. The van der Waals surface area contributed by atoms with Gasteiger partial charge in [0.15, 0.2) is 0 Å². The lowest BCUT2D eigenvalue weighted by molar-refractivity contribution is 0.208. The van der Waals surface area contributed by atoms with Crippen molar-refractivity contribution in [3.8, 4) is 0 Å². The summed E-state index contributed by atoms with van der Waals surface area (Å²) < 4.78 is 0. The predicted octanol–water partition coefficient (Wildman–Crippen LogP) is 3.21. The van der Waals surface area contributed by atoms with E-state index in [1.807, 2.05) is 0 Å². The molecule has 0 radical (unpaired) electrons. The maximum Gasteiger partial charge on any atom is 0.0208 e. The number of hydrogen-bond donors (Lipinski definition) is 1. The molecule has 0 saturated heterocycles. The first-order valence-electron chi connectivity index (χ1n) is 7.75. The van der Waals surface area contributed by atoms with E-state index in [0.717, 1.165) is 19.0 Å². The summed E-state index contributed by atoms with van der Waals surface area (Å²) in [6, 6.07) is 11.6. The molecule has 2 nitrogen and oxygen atoms in total. The van der Waals surface area contributed by atoms with Crippen LogP contribution in [-0.4, -0.2) is 30.6 Å². The van der Waals surface area contributed by atoms with Crippen molar-refractivity contribution in [1.29, 1.82) is 0 Å². The van der Waals surface area contributed by atoms with Gasteiger partial charge in [0.1, 0.15) is 0 Å². The quantitative estimate of drug-likeness (QED) is 0.824. The van der Waals surface area contributed by atoms with Gasteiger partial charge in [-0.2, -0.15) is 0 Å². The predicted molar refractivity (Wildman–Crippen MR) is 82.2 cm³/mol. The lowest BCUT2D eigenvalue weighted by Gasteiger charge is -2.29. The second-order valence-electron chi connectivity index (χ2n) is 6.03. The summed E-state index contributed by atoms with van der Waals surface area (Å²) in [7, 11) is 2.25. The van der Waals surface area contributed by atoms with Crippen LogP contribution in [0.4, 0.5) is 0 Å². The molecule has 1 saturated carbocycles. The van der Waals surface area contributed by atoms with Crippen LogP contribution < -0.4 is 5.73 Å². The molecule has 0 aromatic heterocycles. The second kappa shape index (κ2) is 7.66. The van der Waals surface area contributed by atoms with E-state index in [1.165, 1.54) is 44.1 Å². The van der Waals surface area contributed by atoms with Crippen LogP contribution in [0.2, 0.25) is 0 Å². The van der Waals surface area contributed by atoms with Crippen molar-refractivity contribution in [3.63, 3.8) is 0 Å². The monoisotopic (exact) mass is 260 g/mol. The van der Waals surface area contributed by atoms with Crippen LogP contribution in [0.5, 0.6) is 0 Å². The van der Waals surface area contributed by atoms with Crippen molar-refractivity contribution >= 4 is 0 Å². The summed E-state index contributed by atoms with van der Waals surface area (Å²) >= 11 is 0. The van der Waals surface area contributed by atoms with Gasteiger partial charge >= 0.3 is 0 Å². The van der Waals surface area contributed by atoms with Gasteiger partial charge in [0.25, 0.3) is 0 Å². The van der Waals surface area contributed by atoms with Crippen molar-refractivity contribution in [1.82, 2.24) is 4.90 Å². The molecule has 1 aromatic rings. The minimum Gasteiger partial charge on any atom is -0.326 e. The van der Waals surface area contributed by atoms with E-state index in [0.29, 0.717) is 0 Å². The van der Waals surface area contributed by atoms with Crippen LogP contribution in [0.3, 0.4) is 0 Å². The fraction of sp³-hybridized carbons (Fsp3) is 0.647. The molecule has 1 aliphatic rings. The Hall–Kier alpha value is -0.860. The zero-order valence-corrected chi connectivity index (χ0v) is 12.2. The highest BCUT2D eigenvalue weighted by Crippen LogP contribution is 2.21. The molecule has 2 N–H and O–H groups in total. The fourth-order valence-corrected chi connectivity index (χ4v) is 3.20. The molecule has 1 atom stereocenters. The third-order valence-electron chi connectivity index (χ3n) is 4.31. The highest BCUT2D eigenvalue weighted by atomic mass is 15.1. The van der Waals surface area contributed by atoms with E-state index >= 15 is 0 Å². The molecular formula is C17H28N2. The normalized spacial score (nSPS) is 19.3. The van der Waals surface area contributed by atoms with Crippen molar-refractivity contribution < 1.29 is 0 Å². The van der Waals surface area contributed by atoms with Crippen LogP contribution in [0.15, 0.2) is 30.3 Å². The minimum absolute atomic E-state index is 0.246. The number of nitrogens with zero attached hydrogens (tertiary/aromatic N) is 1. The molecular weight excluding hydrogens is 232 g/mol. The second-order valence-corrected chi connectivity index (χ2v) is 6.03. The fourth-order valence-electron chi connectivity index (χ4n) is 3.20. The zero-order chi connectivity index (χ0) is 13.5. The first kappa shape index (κ1) is 14.5. The first-order valence-corrected chi connectivity index (χ1v) is 7.75. The largest absolute Gasteiger partial charge is 0.326 e. The van der Waals surface area contributed by atoms with Gasteiger partial charge in [-0.1, -0.05) is 56.0 Å². The molecule has 2 rings (SSSR count). The van der Waals surface area contributed by atoms with Crippen molar-refractivity contribution in [2.45, 2.75) is 57.0 Å².